The summed E-state index contributed by atoms with van der Waals surface area (Å²) in [5.41, 5.74) is -1.17. The fourth-order valence-electron chi connectivity index (χ4n) is 3.05. The second-order valence-corrected chi connectivity index (χ2v) is 7.49. The van der Waals surface area contributed by atoms with Crippen LogP contribution in [0.1, 0.15) is 40.5 Å². The molecule has 7 heteroatoms. The fourth-order valence-corrected chi connectivity index (χ4v) is 3.05. The molecule has 28 heavy (non-hydrogen) atoms. The topological polar surface area (TPSA) is 110 Å². The molecule has 0 fully saturated rings. The van der Waals surface area contributed by atoms with Gasteiger partial charge in [0.05, 0.1) is 12.2 Å². The third-order valence-electron chi connectivity index (χ3n) is 5.01. The lowest BCUT2D eigenvalue weighted by Crippen LogP contribution is -2.52. The zero-order valence-electron chi connectivity index (χ0n) is 16.5. The number of aliphatic hydroxyl groups is 1. The van der Waals surface area contributed by atoms with Crippen LogP contribution >= 0.6 is 0 Å². The molecule has 1 aliphatic carbocycles. The van der Waals surface area contributed by atoms with Crippen molar-refractivity contribution in [2.24, 2.45) is 11.8 Å². The molecule has 0 bridgehead atoms. The number of carboxylic acid groups (broad SMARTS) is 1. The third-order valence-corrected chi connectivity index (χ3v) is 5.01. The van der Waals surface area contributed by atoms with Crippen molar-refractivity contribution in [2.75, 3.05) is 0 Å². The highest BCUT2D eigenvalue weighted by molar-refractivity contribution is 6.01. The molecule has 0 radical (unpaired) electrons. The number of carbonyl (C=O) groups excluding carboxylic acids is 2. The van der Waals surface area contributed by atoms with E-state index in [1.165, 1.54) is 31.4 Å². The van der Waals surface area contributed by atoms with Gasteiger partial charge in [-0.3, -0.25) is 9.59 Å². The number of ether oxygens (including phenoxy) is 2. The van der Waals surface area contributed by atoms with Crippen LogP contribution < -0.4 is 0 Å². The molecular weight excluding hydrogens is 364 g/mol. The number of esters is 1. The summed E-state index contributed by atoms with van der Waals surface area (Å²) in [5, 5.41) is 19.4. The standard InChI is InChI=1S/C21H26O7/c1-5-12(2)8-13(3)20(25)28-19-16-11-27-15(6-7-18(23)24)9-14(16)10-17(22)21(19,4)26/h6-7,9-13,19,26H,5,8H2,1-4H3,(H,23,24). The van der Waals surface area contributed by atoms with E-state index in [9.17, 15) is 19.5 Å². The zero-order chi connectivity index (χ0) is 21.1. The number of carbonyl (C=O) groups is 3. The van der Waals surface area contributed by atoms with Gasteiger partial charge in [0.1, 0.15) is 5.76 Å². The minimum atomic E-state index is -1.92. The van der Waals surface area contributed by atoms with Crippen LogP contribution in [-0.4, -0.2) is 39.6 Å². The minimum absolute atomic E-state index is 0.210. The van der Waals surface area contributed by atoms with Crippen molar-refractivity contribution in [3.05, 3.63) is 47.5 Å². The highest BCUT2D eigenvalue weighted by Gasteiger charge is 2.48. The normalized spacial score (nSPS) is 26.4. The summed E-state index contributed by atoms with van der Waals surface area (Å²) in [6.45, 7) is 7.13. The number of aliphatic carboxylic acids is 1. The molecule has 0 aromatic rings. The van der Waals surface area contributed by atoms with Crippen molar-refractivity contribution in [2.45, 2.75) is 52.2 Å². The van der Waals surface area contributed by atoms with Crippen molar-refractivity contribution in [1.29, 1.82) is 0 Å². The number of rotatable bonds is 7. The van der Waals surface area contributed by atoms with Gasteiger partial charge >= 0.3 is 11.9 Å². The van der Waals surface area contributed by atoms with Crippen LogP contribution in [0.5, 0.6) is 0 Å². The Balaban J connectivity index is 2.26. The molecule has 0 saturated carbocycles. The maximum atomic E-state index is 12.5. The van der Waals surface area contributed by atoms with Gasteiger partial charge in [0.2, 0.25) is 0 Å². The van der Waals surface area contributed by atoms with Crippen LogP contribution in [0.25, 0.3) is 0 Å². The predicted molar refractivity (Wildman–Crippen MR) is 101 cm³/mol. The summed E-state index contributed by atoms with van der Waals surface area (Å²) in [4.78, 5) is 35.6. The van der Waals surface area contributed by atoms with Crippen molar-refractivity contribution in [1.82, 2.24) is 0 Å². The Bertz CT molecular complexity index is 783. The Morgan fingerprint density at radius 3 is 2.64 bits per heavy atom. The number of ketones is 1. The Labute approximate surface area is 164 Å². The summed E-state index contributed by atoms with van der Waals surface area (Å²) in [7, 11) is 0. The molecule has 4 unspecified atom stereocenters. The highest BCUT2D eigenvalue weighted by atomic mass is 16.6. The molecule has 1 aliphatic heterocycles. The molecular formula is C21H26O7. The van der Waals surface area contributed by atoms with Gasteiger partial charge in [0.15, 0.2) is 17.5 Å². The number of allylic oxidation sites excluding steroid dienone is 2. The summed E-state index contributed by atoms with van der Waals surface area (Å²) in [6, 6.07) is 0. The molecule has 0 aromatic heterocycles. The van der Waals surface area contributed by atoms with E-state index in [-0.39, 0.29) is 11.7 Å². The molecule has 152 valence electrons. The monoisotopic (exact) mass is 390 g/mol. The third kappa shape index (κ3) is 4.78. The van der Waals surface area contributed by atoms with Gasteiger partial charge in [0, 0.05) is 11.6 Å². The first-order chi connectivity index (χ1) is 13.1. The SMILES string of the molecule is CCC(C)CC(C)C(=O)OC1C2=COC(C=CC(=O)O)=CC2=CC(=O)C1(C)O. The number of carboxylic acids is 1. The Morgan fingerprint density at radius 2 is 2.04 bits per heavy atom. The zero-order valence-corrected chi connectivity index (χ0v) is 16.5. The second kappa shape index (κ2) is 8.56. The van der Waals surface area contributed by atoms with E-state index in [1.807, 2.05) is 13.8 Å². The van der Waals surface area contributed by atoms with E-state index in [2.05, 4.69) is 0 Å². The van der Waals surface area contributed by atoms with Gasteiger partial charge in [-0.15, -0.1) is 0 Å². The summed E-state index contributed by atoms with van der Waals surface area (Å²) in [6.07, 6.45) is 6.46. The lowest BCUT2D eigenvalue weighted by atomic mass is 9.79. The molecule has 1 heterocycles. The molecule has 4 atom stereocenters. The largest absolute Gasteiger partial charge is 0.478 e. The van der Waals surface area contributed by atoms with Gasteiger partial charge in [0.25, 0.3) is 0 Å². The fraction of sp³-hybridized carbons (Fsp3) is 0.476. The summed E-state index contributed by atoms with van der Waals surface area (Å²) < 4.78 is 10.9. The van der Waals surface area contributed by atoms with E-state index in [0.717, 1.165) is 12.5 Å². The molecule has 2 N–H and O–H groups in total. The van der Waals surface area contributed by atoms with Crippen LogP contribution in [0, 0.1) is 11.8 Å². The number of hydrogen-bond donors (Lipinski definition) is 2. The van der Waals surface area contributed by atoms with Gasteiger partial charge in [-0.2, -0.15) is 0 Å². The Hall–Kier alpha value is -2.67. The molecule has 2 rings (SSSR count). The molecule has 0 spiro atoms. The van der Waals surface area contributed by atoms with E-state index < -0.39 is 29.4 Å². The van der Waals surface area contributed by atoms with E-state index >= 15 is 0 Å². The van der Waals surface area contributed by atoms with E-state index in [4.69, 9.17) is 14.6 Å². The van der Waals surface area contributed by atoms with Crippen LogP contribution in [0.4, 0.5) is 0 Å². The van der Waals surface area contributed by atoms with E-state index in [0.29, 0.717) is 23.5 Å². The second-order valence-electron chi connectivity index (χ2n) is 7.49. The first kappa shape index (κ1) is 21.6. The number of fused-ring (bicyclic) bond motifs is 1. The quantitative estimate of drug-likeness (QED) is 0.508. The van der Waals surface area contributed by atoms with Crippen molar-refractivity contribution < 1.29 is 34.1 Å². The van der Waals surface area contributed by atoms with Gasteiger partial charge in [-0.25, -0.2) is 4.79 Å². The minimum Gasteiger partial charge on any atom is -0.478 e. The average molecular weight is 390 g/mol. The smallest absolute Gasteiger partial charge is 0.328 e. The van der Waals surface area contributed by atoms with Crippen LogP contribution in [-0.2, 0) is 23.9 Å². The molecule has 7 nitrogen and oxygen atoms in total. The van der Waals surface area contributed by atoms with Gasteiger partial charge in [-0.1, -0.05) is 27.2 Å². The van der Waals surface area contributed by atoms with Crippen molar-refractivity contribution in [3.8, 4) is 0 Å². The van der Waals surface area contributed by atoms with Gasteiger partial charge in [-0.05, 0) is 43.1 Å². The molecule has 0 saturated heterocycles. The first-order valence-corrected chi connectivity index (χ1v) is 9.25. The number of hydrogen-bond acceptors (Lipinski definition) is 6. The lowest BCUT2D eigenvalue weighted by Gasteiger charge is -2.37. The summed E-state index contributed by atoms with van der Waals surface area (Å²) in [5.74, 6) is -2.08. The maximum Gasteiger partial charge on any atom is 0.328 e. The average Bonchev–Trinajstić information content (AvgIpc) is 2.63. The maximum absolute atomic E-state index is 12.5. The van der Waals surface area contributed by atoms with Crippen LogP contribution in [0.2, 0.25) is 0 Å². The molecule has 0 amide bonds. The van der Waals surface area contributed by atoms with Crippen LogP contribution in [0.15, 0.2) is 47.5 Å². The molecule has 2 aliphatic rings. The summed E-state index contributed by atoms with van der Waals surface area (Å²) >= 11 is 0. The van der Waals surface area contributed by atoms with Gasteiger partial charge < -0.3 is 19.7 Å². The predicted octanol–water partition coefficient (Wildman–Crippen LogP) is 2.67. The highest BCUT2D eigenvalue weighted by Crippen LogP contribution is 2.37. The van der Waals surface area contributed by atoms with Crippen molar-refractivity contribution in [3.63, 3.8) is 0 Å². The lowest BCUT2D eigenvalue weighted by molar-refractivity contribution is -0.167. The first-order valence-electron chi connectivity index (χ1n) is 9.25. The van der Waals surface area contributed by atoms with Crippen molar-refractivity contribution >= 4 is 17.7 Å². The molecule has 0 aromatic carbocycles. The van der Waals surface area contributed by atoms with Crippen LogP contribution in [0.3, 0.4) is 0 Å². The Morgan fingerprint density at radius 1 is 1.36 bits per heavy atom. The Kier molecular flexibility index (Phi) is 6.61. The van der Waals surface area contributed by atoms with E-state index in [1.54, 1.807) is 6.92 Å².